The van der Waals surface area contributed by atoms with Gasteiger partial charge in [0.25, 0.3) is 0 Å². The zero-order valence-corrected chi connectivity index (χ0v) is 22.4. The summed E-state index contributed by atoms with van der Waals surface area (Å²) in [5, 5.41) is 5.49. The zero-order valence-electron chi connectivity index (χ0n) is 20.9. The summed E-state index contributed by atoms with van der Waals surface area (Å²) in [6, 6.07) is 16.4. The molecular formula is C28H32ClN3O3S. The van der Waals surface area contributed by atoms with Gasteiger partial charge in [0.05, 0.1) is 6.04 Å². The van der Waals surface area contributed by atoms with Gasteiger partial charge in [-0.15, -0.1) is 11.3 Å². The van der Waals surface area contributed by atoms with Crippen molar-refractivity contribution < 1.29 is 14.3 Å². The molecule has 36 heavy (non-hydrogen) atoms. The number of rotatable bonds is 8. The first-order chi connectivity index (χ1) is 17.3. The predicted octanol–water partition coefficient (Wildman–Crippen LogP) is 6.40. The molecule has 8 heteroatoms. The molecule has 0 saturated heterocycles. The molecule has 0 aliphatic carbocycles. The van der Waals surface area contributed by atoms with E-state index in [1.54, 1.807) is 40.5 Å². The molecule has 190 valence electrons. The van der Waals surface area contributed by atoms with Crippen molar-refractivity contribution in [3.63, 3.8) is 0 Å². The van der Waals surface area contributed by atoms with Crippen LogP contribution in [0.3, 0.4) is 0 Å². The SMILES string of the molecule is Cc1ccccc1OC[C@@H]1c2ccsc2CCN1C(=O)CN(CC(C)C)C(=O)Nc1cccc(Cl)c1. The van der Waals surface area contributed by atoms with Crippen molar-refractivity contribution in [2.45, 2.75) is 33.2 Å². The van der Waals surface area contributed by atoms with Crippen LogP contribution < -0.4 is 10.1 Å². The van der Waals surface area contributed by atoms with Crippen LogP contribution in [0.4, 0.5) is 10.5 Å². The molecule has 1 N–H and O–H groups in total. The fourth-order valence-corrected chi connectivity index (χ4v) is 5.56. The molecule has 0 spiro atoms. The highest BCUT2D eigenvalue weighted by Gasteiger charge is 2.33. The van der Waals surface area contributed by atoms with Gasteiger partial charge in [0.1, 0.15) is 18.9 Å². The van der Waals surface area contributed by atoms with E-state index in [2.05, 4.69) is 16.8 Å². The smallest absolute Gasteiger partial charge is 0.322 e. The molecule has 2 heterocycles. The lowest BCUT2D eigenvalue weighted by Gasteiger charge is -2.37. The van der Waals surface area contributed by atoms with E-state index in [0.29, 0.717) is 30.4 Å². The van der Waals surface area contributed by atoms with Crippen LogP contribution in [0, 0.1) is 12.8 Å². The molecule has 1 atom stereocenters. The van der Waals surface area contributed by atoms with Crippen LogP contribution in [0.2, 0.25) is 5.02 Å². The van der Waals surface area contributed by atoms with Crippen LogP contribution in [-0.4, -0.2) is 48.0 Å². The number of nitrogens with one attached hydrogen (secondary N) is 1. The fourth-order valence-electron chi connectivity index (χ4n) is 4.44. The van der Waals surface area contributed by atoms with Crippen molar-refractivity contribution in [3.8, 4) is 5.75 Å². The monoisotopic (exact) mass is 525 g/mol. The lowest BCUT2D eigenvalue weighted by atomic mass is 10.00. The highest BCUT2D eigenvalue weighted by Crippen LogP contribution is 2.34. The van der Waals surface area contributed by atoms with E-state index in [4.69, 9.17) is 16.3 Å². The standard InChI is InChI=1S/C28H32ClN3O3S/c1-19(2)16-31(28(34)30-22-9-6-8-21(29)15-22)17-27(33)32-13-11-26-23(12-14-36-26)24(32)18-35-25-10-5-4-7-20(25)3/h4-10,12,14-15,19,24H,11,13,16-18H2,1-3H3,(H,30,34)/t24-/m1/s1. The molecule has 3 amide bonds. The number of hydrogen-bond donors (Lipinski definition) is 1. The summed E-state index contributed by atoms with van der Waals surface area (Å²) >= 11 is 7.79. The van der Waals surface area contributed by atoms with Gasteiger partial charge in [-0.1, -0.05) is 49.7 Å². The number of aryl methyl sites for hydroxylation is 1. The molecule has 0 unspecified atom stereocenters. The number of carbonyl (C=O) groups excluding carboxylic acids is 2. The Morgan fingerprint density at radius 3 is 2.75 bits per heavy atom. The molecule has 0 fully saturated rings. The Morgan fingerprint density at radius 1 is 1.19 bits per heavy atom. The first-order valence-electron chi connectivity index (χ1n) is 12.2. The number of nitrogens with zero attached hydrogens (tertiary/aromatic N) is 2. The second-order valence-corrected chi connectivity index (χ2v) is 10.9. The van der Waals surface area contributed by atoms with Crippen molar-refractivity contribution in [1.82, 2.24) is 9.80 Å². The molecule has 0 bridgehead atoms. The van der Waals surface area contributed by atoms with Crippen LogP contribution in [0.25, 0.3) is 0 Å². The van der Waals surface area contributed by atoms with Gasteiger partial charge in [-0.2, -0.15) is 0 Å². The maximum atomic E-state index is 13.7. The average Bonchev–Trinajstić information content (AvgIpc) is 3.32. The van der Waals surface area contributed by atoms with Crippen LogP contribution in [0.15, 0.2) is 60.0 Å². The number of ether oxygens (including phenoxy) is 1. The van der Waals surface area contributed by atoms with Gasteiger partial charge < -0.3 is 19.9 Å². The Bertz CT molecular complexity index is 1210. The topological polar surface area (TPSA) is 61.9 Å². The van der Waals surface area contributed by atoms with Gasteiger partial charge in [-0.05, 0) is 66.1 Å². The summed E-state index contributed by atoms with van der Waals surface area (Å²) in [5.41, 5.74) is 2.78. The Labute approximate surface area is 221 Å². The quantitative estimate of drug-likeness (QED) is 0.370. The van der Waals surface area contributed by atoms with E-state index in [1.807, 2.05) is 49.9 Å². The van der Waals surface area contributed by atoms with E-state index in [0.717, 1.165) is 23.3 Å². The molecule has 1 aliphatic heterocycles. The van der Waals surface area contributed by atoms with E-state index in [9.17, 15) is 9.59 Å². The van der Waals surface area contributed by atoms with Crippen molar-refractivity contribution >= 4 is 40.6 Å². The Balaban J connectivity index is 1.50. The summed E-state index contributed by atoms with van der Waals surface area (Å²) < 4.78 is 6.20. The molecular weight excluding hydrogens is 494 g/mol. The number of hydrogen-bond acceptors (Lipinski definition) is 4. The van der Waals surface area contributed by atoms with Crippen LogP contribution in [0.5, 0.6) is 5.75 Å². The minimum Gasteiger partial charge on any atom is -0.491 e. The molecule has 0 saturated carbocycles. The van der Waals surface area contributed by atoms with Crippen molar-refractivity contribution in [3.05, 3.63) is 81.0 Å². The van der Waals surface area contributed by atoms with Crippen molar-refractivity contribution in [2.75, 3.05) is 31.6 Å². The van der Waals surface area contributed by atoms with Gasteiger partial charge in [0, 0.05) is 28.7 Å². The largest absolute Gasteiger partial charge is 0.491 e. The first-order valence-corrected chi connectivity index (χ1v) is 13.4. The minimum atomic E-state index is -0.319. The highest BCUT2D eigenvalue weighted by atomic mass is 35.5. The number of benzene rings is 2. The van der Waals surface area contributed by atoms with Gasteiger partial charge in [0.15, 0.2) is 0 Å². The van der Waals surface area contributed by atoms with E-state index in [1.165, 1.54) is 4.88 Å². The van der Waals surface area contributed by atoms with E-state index < -0.39 is 0 Å². The van der Waals surface area contributed by atoms with Gasteiger partial charge in [-0.25, -0.2) is 4.79 Å². The lowest BCUT2D eigenvalue weighted by molar-refractivity contribution is -0.135. The predicted molar refractivity (Wildman–Crippen MR) is 146 cm³/mol. The fraction of sp³-hybridized carbons (Fsp3) is 0.357. The number of thiophene rings is 1. The Morgan fingerprint density at radius 2 is 2.00 bits per heavy atom. The maximum Gasteiger partial charge on any atom is 0.322 e. The number of urea groups is 1. The number of para-hydroxylation sites is 1. The first kappa shape index (κ1) is 26.0. The Kier molecular flexibility index (Phi) is 8.54. The summed E-state index contributed by atoms with van der Waals surface area (Å²) in [5.74, 6) is 0.926. The van der Waals surface area contributed by atoms with Gasteiger partial charge >= 0.3 is 6.03 Å². The number of fused-ring (bicyclic) bond motifs is 1. The van der Waals surface area contributed by atoms with Gasteiger partial charge in [0.2, 0.25) is 5.91 Å². The minimum absolute atomic E-state index is 0.00901. The lowest BCUT2D eigenvalue weighted by Crippen LogP contribution is -2.49. The second kappa shape index (κ2) is 11.8. The van der Waals surface area contributed by atoms with E-state index in [-0.39, 0.29) is 30.4 Å². The van der Waals surface area contributed by atoms with Crippen molar-refractivity contribution in [2.24, 2.45) is 5.92 Å². The average molecular weight is 526 g/mol. The third kappa shape index (κ3) is 6.39. The zero-order chi connectivity index (χ0) is 25.7. The van der Waals surface area contributed by atoms with Crippen molar-refractivity contribution in [1.29, 1.82) is 0 Å². The molecule has 1 aliphatic rings. The van der Waals surface area contributed by atoms with Crippen LogP contribution >= 0.6 is 22.9 Å². The molecule has 6 nitrogen and oxygen atoms in total. The summed E-state index contributed by atoms with van der Waals surface area (Å²) in [6.45, 7) is 7.48. The molecule has 0 radical (unpaired) electrons. The molecule has 3 aromatic rings. The van der Waals surface area contributed by atoms with E-state index >= 15 is 0 Å². The maximum absolute atomic E-state index is 13.7. The third-order valence-corrected chi connectivity index (χ3v) is 7.41. The number of amides is 3. The molecule has 1 aromatic heterocycles. The van der Waals surface area contributed by atoms with Gasteiger partial charge in [-0.3, -0.25) is 4.79 Å². The summed E-state index contributed by atoms with van der Waals surface area (Å²) in [7, 11) is 0. The number of carbonyl (C=O) groups is 2. The molecule has 4 rings (SSSR count). The summed E-state index contributed by atoms with van der Waals surface area (Å²) in [4.78, 5) is 31.5. The number of anilines is 1. The normalized spacial score (nSPS) is 14.9. The number of halogens is 1. The summed E-state index contributed by atoms with van der Waals surface area (Å²) in [6.07, 6.45) is 0.804. The Hall–Kier alpha value is -3.03. The van der Waals surface area contributed by atoms with Crippen LogP contribution in [0.1, 0.15) is 35.9 Å². The highest BCUT2D eigenvalue weighted by molar-refractivity contribution is 7.10. The van der Waals surface area contributed by atoms with Crippen LogP contribution in [-0.2, 0) is 11.2 Å². The second-order valence-electron chi connectivity index (χ2n) is 9.44. The molecule has 2 aromatic carbocycles. The third-order valence-electron chi connectivity index (χ3n) is 6.18.